The number of rotatable bonds is 4. The lowest BCUT2D eigenvalue weighted by atomic mass is 9.90. The van der Waals surface area contributed by atoms with Crippen LogP contribution in [-0.2, 0) is 9.59 Å². The van der Waals surface area contributed by atoms with Gasteiger partial charge in [0.15, 0.2) is 0 Å². The van der Waals surface area contributed by atoms with Gasteiger partial charge in [-0.1, -0.05) is 69.9 Å². The monoisotopic (exact) mass is 426 g/mol. The van der Waals surface area contributed by atoms with Gasteiger partial charge in [0, 0.05) is 12.1 Å². The molecule has 2 aliphatic carbocycles. The Morgan fingerprint density at radius 3 is 1.81 bits per heavy atom. The molecule has 0 radical (unpaired) electrons. The zero-order valence-corrected chi connectivity index (χ0v) is 19.1. The standard InChI is InChI=1S/C26H38N2O3/c1-31-23-17-15-20(16-18-23)25-26(30)27(21-11-7-5-6-8-12-21)19-24(29)28(25)22-13-9-3-2-4-10-14-22/h15-18,21-22,25H,2-14,19H2,1H3. The van der Waals surface area contributed by atoms with Gasteiger partial charge in [0.25, 0.3) is 5.91 Å². The summed E-state index contributed by atoms with van der Waals surface area (Å²) >= 11 is 0. The van der Waals surface area contributed by atoms with Gasteiger partial charge in [0.1, 0.15) is 18.3 Å². The van der Waals surface area contributed by atoms with Crippen LogP contribution in [0.3, 0.4) is 0 Å². The molecule has 2 saturated carbocycles. The maximum Gasteiger partial charge on any atom is 0.250 e. The van der Waals surface area contributed by atoms with Crippen molar-refractivity contribution in [3.8, 4) is 5.75 Å². The van der Waals surface area contributed by atoms with Crippen LogP contribution >= 0.6 is 0 Å². The summed E-state index contributed by atoms with van der Waals surface area (Å²) in [6.45, 7) is 0.257. The fraction of sp³-hybridized carbons (Fsp3) is 0.692. The van der Waals surface area contributed by atoms with Crippen LogP contribution in [0.15, 0.2) is 24.3 Å². The molecular weight excluding hydrogens is 388 g/mol. The number of benzene rings is 1. The molecule has 5 nitrogen and oxygen atoms in total. The number of carbonyl (C=O) groups is 2. The summed E-state index contributed by atoms with van der Waals surface area (Å²) in [4.78, 5) is 31.4. The summed E-state index contributed by atoms with van der Waals surface area (Å²) < 4.78 is 5.33. The average molecular weight is 427 g/mol. The molecule has 1 unspecified atom stereocenters. The van der Waals surface area contributed by atoms with Crippen LogP contribution in [0, 0.1) is 0 Å². The van der Waals surface area contributed by atoms with Crippen LogP contribution in [0.25, 0.3) is 0 Å². The summed E-state index contributed by atoms with van der Waals surface area (Å²) in [5, 5.41) is 0. The first kappa shape index (κ1) is 22.2. The Hall–Kier alpha value is -2.04. The number of methoxy groups -OCH3 is 1. The van der Waals surface area contributed by atoms with Crippen molar-refractivity contribution in [3.05, 3.63) is 29.8 Å². The maximum atomic E-state index is 13.9. The van der Waals surface area contributed by atoms with Gasteiger partial charge in [-0.15, -0.1) is 0 Å². The Morgan fingerprint density at radius 1 is 0.742 bits per heavy atom. The van der Waals surface area contributed by atoms with Crippen molar-refractivity contribution in [3.63, 3.8) is 0 Å². The molecule has 0 aromatic heterocycles. The van der Waals surface area contributed by atoms with E-state index in [4.69, 9.17) is 4.74 Å². The number of carbonyl (C=O) groups excluding carboxylic acids is 2. The Bertz CT molecular complexity index is 732. The van der Waals surface area contributed by atoms with E-state index in [0.29, 0.717) is 0 Å². The van der Waals surface area contributed by atoms with E-state index >= 15 is 0 Å². The quantitative estimate of drug-likeness (QED) is 0.619. The third-order valence-corrected chi connectivity index (χ3v) is 7.55. The molecule has 0 bridgehead atoms. The third-order valence-electron chi connectivity index (χ3n) is 7.55. The third kappa shape index (κ3) is 5.07. The second-order valence-electron chi connectivity index (χ2n) is 9.59. The molecule has 1 aromatic rings. The number of hydrogen-bond acceptors (Lipinski definition) is 3. The zero-order valence-electron chi connectivity index (χ0n) is 19.1. The molecule has 3 fully saturated rings. The van der Waals surface area contributed by atoms with E-state index in [1.807, 2.05) is 34.1 Å². The number of ether oxygens (including phenoxy) is 1. The van der Waals surface area contributed by atoms with Gasteiger partial charge in [-0.25, -0.2) is 0 Å². The van der Waals surface area contributed by atoms with E-state index in [9.17, 15) is 9.59 Å². The van der Waals surface area contributed by atoms with Gasteiger partial charge in [-0.05, 0) is 43.4 Å². The Kier molecular flexibility index (Phi) is 7.52. The molecule has 0 N–H and O–H groups in total. The largest absolute Gasteiger partial charge is 0.497 e. The fourth-order valence-corrected chi connectivity index (χ4v) is 5.82. The van der Waals surface area contributed by atoms with E-state index in [1.165, 1.54) is 32.1 Å². The minimum Gasteiger partial charge on any atom is -0.497 e. The van der Waals surface area contributed by atoms with Gasteiger partial charge in [-0.2, -0.15) is 0 Å². The summed E-state index contributed by atoms with van der Waals surface area (Å²) in [6.07, 6.45) is 14.9. The summed E-state index contributed by atoms with van der Waals surface area (Å²) in [5.74, 6) is 1.03. The van der Waals surface area contributed by atoms with E-state index < -0.39 is 6.04 Å². The molecule has 0 spiro atoms. The Balaban J connectivity index is 1.65. The average Bonchev–Trinajstić information content (AvgIpc) is 3.05. The lowest BCUT2D eigenvalue weighted by molar-refractivity contribution is -0.162. The van der Waals surface area contributed by atoms with Crippen LogP contribution < -0.4 is 4.74 Å². The van der Waals surface area contributed by atoms with Crippen LogP contribution in [0.2, 0.25) is 0 Å². The lowest BCUT2D eigenvalue weighted by Gasteiger charge is -2.47. The molecule has 1 aromatic carbocycles. The van der Waals surface area contributed by atoms with E-state index in [2.05, 4.69) is 0 Å². The summed E-state index contributed by atoms with van der Waals surface area (Å²) in [6, 6.07) is 7.64. The Labute approximate surface area is 187 Å². The van der Waals surface area contributed by atoms with E-state index in [-0.39, 0.29) is 30.4 Å². The molecular formula is C26H38N2O3. The smallest absolute Gasteiger partial charge is 0.250 e. The van der Waals surface area contributed by atoms with Gasteiger partial charge >= 0.3 is 0 Å². The highest BCUT2D eigenvalue weighted by atomic mass is 16.5. The van der Waals surface area contributed by atoms with E-state index in [0.717, 1.165) is 62.7 Å². The molecule has 1 atom stereocenters. The topological polar surface area (TPSA) is 49.9 Å². The number of piperazine rings is 1. The zero-order chi connectivity index (χ0) is 21.6. The normalized spacial score (nSPS) is 25.1. The number of hydrogen-bond donors (Lipinski definition) is 0. The minimum absolute atomic E-state index is 0.124. The van der Waals surface area contributed by atoms with Crippen molar-refractivity contribution in [2.45, 2.75) is 102 Å². The van der Waals surface area contributed by atoms with Crippen LogP contribution in [0.4, 0.5) is 0 Å². The Morgan fingerprint density at radius 2 is 1.26 bits per heavy atom. The predicted octanol–water partition coefficient (Wildman–Crippen LogP) is 5.24. The lowest BCUT2D eigenvalue weighted by Crippen LogP contribution is -2.60. The SMILES string of the molecule is COc1ccc(C2C(=O)N(C3CCCCCC3)CC(=O)N2C2CCCCCCC2)cc1. The maximum absolute atomic E-state index is 13.9. The molecule has 4 rings (SSSR count). The molecule has 3 aliphatic rings. The van der Waals surface area contributed by atoms with Gasteiger partial charge in [0.05, 0.1) is 7.11 Å². The molecule has 1 saturated heterocycles. The van der Waals surface area contributed by atoms with Crippen molar-refractivity contribution in [1.82, 2.24) is 9.80 Å². The summed E-state index contributed by atoms with van der Waals surface area (Å²) in [5.41, 5.74) is 0.916. The first-order valence-corrected chi connectivity index (χ1v) is 12.4. The van der Waals surface area contributed by atoms with Gasteiger partial charge < -0.3 is 14.5 Å². The van der Waals surface area contributed by atoms with Crippen LogP contribution in [-0.4, -0.2) is 47.4 Å². The highest BCUT2D eigenvalue weighted by molar-refractivity contribution is 5.96. The van der Waals surface area contributed by atoms with Crippen molar-refractivity contribution in [2.75, 3.05) is 13.7 Å². The first-order chi connectivity index (χ1) is 15.2. The van der Waals surface area contributed by atoms with E-state index in [1.54, 1.807) is 7.11 Å². The van der Waals surface area contributed by atoms with Crippen LogP contribution in [0.1, 0.15) is 95.1 Å². The summed E-state index contributed by atoms with van der Waals surface area (Å²) in [7, 11) is 1.65. The molecule has 170 valence electrons. The number of amides is 2. The van der Waals surface area contributed by atoms with Crippen molar-refractivity contribution in [2.24, 2.45) is 0 Å². The molecule has 31 heavy (non-hydrogen) atoms. The molecule has 5 heteroatoms. The molecule has 1 heterocycles. The second-order valence-corrected chi connectivity index (χ2v) is 9.59. The second kappa shape index (κ2) is 10.5. The fourth-order valence-electron chi connectivity index (χ4n) is 5.82. The predicted molar refractivity (Wildman–Crippen MR) is 122 cm³/mol. The van der Waals surface area contributed by atoms with Crippen molar-refractivity contribution < 1.29 is 14.3 Å². The number of nitrogens with zero attached hydrogens (tertiary/aromatic N) is 2. The molecule has 2 amide bonds. The van der Waals surface area contributed by atoms with Crippen molar-refractivity contribution >= 4 is 11.8 Å². The van der Waals surface area contributed by atoms with Crippen molar-refractivity contribution in [1.29, 1.82) is 0 Å². The van der Waals surface area contributed by atoms with Crippen LogP contribution in [0.5, 0.6) is 5.75 Å². The van der Waals surface area contributed by atoms with Gasteiger partial charge in [0.2, 0.25) is 5.91 Å². The first-order valence-electron chi connectivity index (χ1n) is 12.4. The minimum atomic E-state index is -0.500. The highest BCUT2D eigenvalue weighted by Gasteiger charge is 2.45. The highest BCUT2D eigenvalue weighted by Crippen LogP contribution is 2.36. The van der Waals surface area contributed by atoms with Gasteiger partial charge in [-0.3, -0.25) is 9.59 Å². The molecule has 1 aliphatic heterocycles.